The smallest absolute Gasteiger partial charge is 0.549 e. The van der Waals surface area contributed by atoms with Crippen LogP contribution in [0.1, 0.15) is 19.8 Å². The Balaban J connectivity index is -0.000000120. The summed E-state index contributed by atoms with van der Waals surface area (Å²) in [6.07, 6.45) is 1.96. The summed E-state index contributed by atoms with van der Waals surface area (Å²) in [6.45, 7) is -0.373. The largest absolute Gasteiger partial charge is 1.00 e. The summed E-state index contributed by atoms with van der Waals surface area (Å²) in [4.78, 5) is 30.6. The maximum atomic E-state index is 9.99. The van der Waals surface area contributed by atoms with E-state index in [0.717, 1.165) is 18.9 Å². The van der Waals surface area contributed by atoms with Crippen molar-refractivity contribution in [2.45, 2.75) is 31.9 Å². The van der Waals surface area contributed by atoms with Crippen LogP contribution in [-0.4, -0.2) is 78.6 Å². The standard InChI is InChI=1S/C8H21NO3Si.C6H9NO6.3Na/c1-8(9)6-5-7-13(10-2,11-3)12-4;8-4(9)1-7(2-5(10)11)3-6(12)13;;;/h8H,5-7,9H2,1-4H3;1-3H2,(H,8,9)(H,10,11)(H,12,13);;;/q;;3*+1/p-3. The van der Waals surface area contributed by atoms with E-state index in [2.05, 4.69) is 0 Å². The Hall–Kier alpha value is 1.43. The second-order valence-corrected chi connectivity index (χ2v) is 8.52. The van der Waals surface area contributed by atoms with Gasteiger partial charge in [0.25, 0.3) is 0 Å². The van der Waals surface area contributed by atoms with Crippen LogP contribution in [0.5, 0.6) is 0 Å². The zero-order chi connectivity index (χ0) is 20.8. The number of carbonyl (C=O) groups excluding carboxylic acids is 3. The van der Waals surface area contributed by atoms with Gasteiger partial charge in [0.2, 0.25) is 0 Å². The topological polar surface area (TPSA) is 177 Å². The minimum atomic E-state index is -2.34. The van der Waals surface area contributed by atoms with Gasteiger partial charge in [-0.05, 0) is 19.8 Å². The Bertz CT molecular complexity index is 398. The first kappa shape index (κ1) is 40.8. The summed E-state index contributed by atoms with van der Waals surface area (Å²) in [5.74, 6) is -4.70. The van der Waals surface area contributed by atoms with Gasteiger partial charge in [0.05, 0.1) is 17.9 Å². The fourth-order valence-electron chi connectivity index (χ4n) is 1.91. The van der Waals surface area contributed by atoms with Crippen molar-refractivity contribution >= 4 is 26.7 Å². The van der Waals surface area contributed by atoms with Gasteiger partial charge in [-0.3, -0.25) is 4.90 Å². The fourth-order valence-corrected chi connectivity index (χ4v) is 3.66. The number of nitrogens with zero attached hydrogens (tertiary/aromatic N) is 1. The molecular weight excluding hydrogens is 437 g/mol. The Morgan fingerprint density at radius 2 is 1.17 bits per heavy atom. The molecular formula is C14H27N2Na3O9Si. The van der Waals surface area contributed by atoms with E-state index in [1.807, 2.05) is 6.92 Å². The monoisotopic (exact) mass is 464 g/mol. The van der Waals surface area contributed by atoms with Crippen LogP contribution >= 0.6 is 0 Å². The average molecular weight is 464 g/mol. The first-order valence-corrected chi connectivity index (χ1v) is 9.68. The van der Waals surface area contributed by atoms with Crippen molar-refractivity contribution in [2.75, 3.05) is 41.0 Å². The predicted molar refractivity (Wildman–Crippen MR) is 85.9 cm³/mol. The van der Waals surface area contributed by atoms with E-state index in [4.69, 9.17) is 19.0 Å². The number of rotatable bonds is 13. The van der Waals surface area contributed by atoms with Crippen molar-refractivity contribution in [1.82, 2.24) is 4.90 Å². The molecule has 0 fully saturated rings. The summed E-state index contributed by atoms with van der Waals surface area (Å²) in [5.41, 5.74) is 5.64. The van der Waals surface area contributed by atoms with E-state index in [-0.39, 0.29) is 94.7 Å². The molecule has 0 radical (unpaired) electrons. The van der Waals surface area contributed by atoms with Gasteiger partial charge in [-0.2, -0.15) is 0 Å². The van der Waals surface area contributed by atoms with E-state index in [1.165, 1.54) is 0 Å². The van der Waals surface area contributed by atoms with Crippen LogP contribution in [0.2, 0.25) is 6.04 Å². The number of hydrogen-bond acceptors (Lipinski definition) is 11. The molecule has 0 aliphatic rings. The van der Waals surface area contributed by atoms with Gasteiger partial charge in [-0.15, -0.1) is 0 Å². The van der Waals surface area contributed by atoms with Crippen molar-refractivity contribution in [3.8, 4) is 0 Å². The van der Waals surface area contributed by atoms with Crippen LogP contribution in [0.25, 0.3) is 0 Å². The van der Waals surface area contributed by atoms with Crippen molar-refractivity contribution in [3.05, 3.63) is 0 Å². The Morgan fingerprint density at radius 1 is 0.862 bits per heavy atom. The molecule has 0 rings (SSSR count). The maximum Gasteiger partial charge on any atom is 1.00 e. The molecule has 1 atom stereocenters. The molecule has 0 amide bonds. The third kappa shape index (κ3) is 25.6. The molecule has 2 N–H and O–H groups in total. The number of carbonyl (C=O) groups is 3. The number of carboxylic acids is 3. The van der Waals surface area contributed by atoms with Crippen LogP contribution in [0.3, 0.4) is 0 Å². The van der Waals surface area contributed by atoms with Crippen molar-refractivity contribution < 1.29 is 132 Å². The summed E-state index contributed by atoms with van der Waals surface area (Å²) in [6, 6.07) is 1.06. The molecule has 0 heterocycles. The molecule has 0 aromatic rings. The number of nitrogens with two attached hydrogens (primary N) is 1. The van der Waals surface area contributed by atoms with Crippen molar-refractivity contribution in [3.63, 3.8) is 0 Å². The zero-order valence-electron chi connectivity index (χ0n) is 18.5. The molecule has 0 spiro atoms. The first-order chi connectivity index (χ1) is 12.0. The van der Waals surface area contributed by atoms with Gasteiger partial charge < -0.3 is 48.7 Å². The molecule has 15 heteroatoms. The molecule has 29 heavy (non-hydrogen) atoms. The molecule has 154 valence electrons. The van der Waals surface area contributed by atoms with E-state index in [0.29, 0.717) is 4.90 Å². The molecule has 11 nitrogen and oxygen atoms in total. The van der Waals surface area contributed by atoms with Crippen LogP contribution in [-0.2, 0) is 27.7 Å². The first-order valence-electron chi connectivity index (χ1n) is 7.74. The molecule has 0 aliphatic carbocycles. The number of carboxylic acid groups (broad SMARTS) is 3. The SMILES string of the molecule is CO[Si](CCCC(C)N)(OC)OC.O=C([O-])CN(CC(=O)[O-])CC(=O)[O-].[Na+].[Na+].[Na+]. The summed E-state index contributed by atoms with van der Waals surface area (Å²) in [7, 11) is 2.55. The minimum Gasteiger partial charge on any atom is -0.549 e. The molecule has 0 aliphatic heterocycles. The normalized spacial score (nSPS) is 11.0. The fraction of sp³-hybridized carbons (Fsp3) is 0.786. The molecule has 0 saturated heterocycles. The van der Waals surface area contributed by atoms with Crippen LogP contribution < -0.4 is 110 Å². The molecule has 0 aromatic carbocycles. The zero-order valence-corrected chi connectivity index (χ0v) is 25.5. The Morgan fingerprint density at radius 3 is 1.38 bits per heavy atom. The third-order valence-electron chi connectivity index (χ3n) is 3.13. The molecule has 0 aromatic heterocycles. The van der Waals surface area contributed by atoms with E-state index >= 15 is 0 Å². The van der Waals surface area contributed by atoms with Gasteiger partial charge >= 0.3 is 97.5 Å². The van der Waals surface area contributed by atoms with E-state index in [9.17, 15) is 29.7 Å². The van der Waals surface area contributed by atoms with Gasteiger partial charge in [-0.1, -0.05) is 0 Å². The van der Waals surface area contributed by atoms with Gasteiger partial charge in [0.1, 0.15) is 0 Å². The minimum absolute atomic E-state index is 0. The van der Waals surface area contributed by atoms with Crippen molar-refractivity contribution in [1.29, 1.82) is 0 Å². The van der Waals surface area contributed by atoms with Crippen molar-refractivity contribution in [2.24, 2.45) is 5.73 Å². The van der Waals surface area contributed by atoms with Crippen LogP contribution in [0, 0.1) is 0 Å². The van der Waals surface area contributed by atoms with Gasteiger partial charge in [0.15, 0.2) is 0 Å². The molecule has 0 saturated carbocycles. The van der Waals surface area contributed by atoms with Crippen LogP contribution in [0.4, 0.5) is 0 Å². The third-order valence-corrected chi connectivity index (χ3v) is 5.97. The predicted octanol–water partition coefficient (Wildman–Crippen LogP) is -13.5. The second kappa shape index (κ2) is 24.1. The van der Waals surface area contributed by atoms with E-state index < -0.39 is 46.3 Å². The average Bonchev–Trinajstić information content (AvgIpc) is 2.50. The van der Waals surface area contributed by atoms with E-state index in [1.54, 1.807) is 21.3 Å². The summed E-state index contributed by atoms with van der Waals surface area (Å²) in [5, 5.41) is 30.0. The second-order valence-electron chi connectivity index (χ2n) is 5.43. The molecule has 1 unspecified atom stereocenters. The van der Waals surface area contributed by atoms with Crippen LogP contribution in [0.15, 0.2) is 0 Å². The molecule has 0 bridgehead atoms. The van der Waals surface area contributed by atoms with Gasteiger partial charge in [-0.25, -0.2) is 0 Å². The number of hydrogen-bond donors (Lipinski definition) is 1. The quantitative estimate of drug-likeness (QED) is 0.256. The van der Waals surface area contributed by atoms with Gasteiger partial charge in [0, 0.05) is 53.0 Å². The summed E-state index contributed by atoms with van der Waals surface area (Å²) >= 11 is 0. The Kier molecular flexibility index (Phi) is 33.8. The Labute approximate surface area is 239 Å². The summed E-state index contributed by atoms with van der Waals surface area (Å²) < 4.78 is 15.8. The maximum absolute atomic E-state index is 9.99. The number of aliphatic carboxylic acids is 3.